The van der Waals surface area contributed by atoms with Crippen LogP contribution in [0.25, 0.3) is 11.3 Å². The lowest BCUT2D eigenvalue weighted by Crippen LogP contribution is -2.33. The van der Waals surface area contributed by atoms with Gasteiger partial charge >= 0.3 is 5.97 Å². The maximum Gasteiger partial charge on any atom is 0.321 e. The van der Waals surface area contributed by atoms with Gasteiger partial charge in [0.1, 0.15) is 22.9 Å². The van der Waals surface area contributed by atoms with Crippen molar-refractivity contribution in [2.45, 2.75) is 11.4 Å². The van der Waals surface area contributed by atoms with Crippen LogP contribution in [0.2, 0.25) is 10.0 Å². The highest BCUT2D eigenvalue weighted by Gasteiger charge is 2.32. The average molecular weight is 344 g/mol. The molecule has 0 spiro atoms. The van der Waals surface area contributed by atoms with E-state index in [1.807, 2.05) is 18.2 Å². The zero-order valence-electron chi connectivity index (χ0n) is 10.7. The number of carbonyl (C=O) groups is 1. The van der Waals surface area contributed by atoms with Crippen molar-refractivity contribution in [1.82, 2.24) is 5.32 Å². The first-order chi connectivity index (χ1) is 10.0. The van der Waals surface area contributed by atoms with E-state index in [0.717, 1.165) is 5.56 Å². The van der Waals surface area contributed by atoms with Crippen LogP contribution in [0.5, 0.6) is 0 Å². The van der Waals surface area contributed by atoms with Crippen molar-refractivity contribution in [3.8, 4) is 11.3 Å². The molecule has 2 aromatic rings. The summed E-state index contributed by atoms with van der Waals surface area (Å²) in [5.41, 5.74) is 0.827. The van der Waals surface area contributed by atoms with Crippen molar-refractivity contribution in [1.29, 1.82) is 0 Å². The number of rotatable bonds is 3. The molecule has 1 aliphatic heterocycles. The van der Waals surface area contributed by atoms with Gasteiger partial charge in [0.2, 0.25) is 0 Å². The largest absolute Gasteiger partial charge is 0.480 e. The van der Waals surface area contributed by atoms with E-state index in [4.69, 9.17) is 32.7 Å². The number of halogens is 2. The highest BCUT2D eigenvalue weighted by molar-refractivity contribution is 7.99. The van der Waals surface area contributed by atoms with E-state index < -0.39 is 12.0 Å². The second-order valence-corrected chi connectivity index (χ2v) is 6.55. The Morgan fingerprint density at radius 3 is 2.76 bits per heavy atom. The molecule has 1 aromatic carbocycles. The van der Waals surface area contributed by atoms with Crippen LogP contribution in [-0.4, -0.2) is 22.9 Å². The number of carboxylic acid groups (broad SMARTS) is 1. The number of aliphatic carboxylic acids is 1. The second kappa shape index (κ2) is 5.93. The third kappa shape index (κ3) is 3.06. The number of hydrogen-bond donors (Lipinski definition) is 2. The van der Waals surface area contributed by atoms with Crippen LogP contribution < -0.4 is 5.32 Å². The van der Waals surface area contributed by atoms with Crippen molar-refractivity contribution in [3.05, 3.63) is 46.1 Å². The van der Waals surface area contributed by atoms with Gasteiger partial charge in [0.25, 0.3) is 0 Å². The maximum absolute atomic E-state index is 10.9. The lowest BCUT2D eigenvalue weighted by atomic mass is 10.2. The first-order valence-electron chi connectivity index (χ1n) is 6.20. The Morgan fingerprint density at radius 2 is 2.10 bits per heavy atom. The van der Waals surface area contributed by atoms with Crippen LogP contribution in [0.1, 0.15) is 11.1 Å². The van der Waals surface area contributed by atoms with Crippen LogP contribution in [0, 0.1) is 0 Å². The number of carboxylic acids is 1. The Morgan fingerprint density at radius 1 is 1.29 bits per heavy atom. The quantitative estimate of drug-likeness (QED) is 0.880. The minimum Gasteiger partial charge on any atom is -0.480 e. The summed E-state index contributed by atoms with van der Waals surface area (Å²) in [4.78, 5) is 10.9. The molecule has 2 atom stereocenters. The molecule has 1 aliphatic rings. The zero-order chi connectivity index (χ0) is 15.0. The number of nitrogens with one attached hydrogen (secondary N) is 1. The van der Waals surface area contributed by atoms with Gasteiger partial charge in [-0.15, -0.1) is 11.8 Å². The van der Waals surface area contributed by atoms with Gasteiger partial charge in [-0.3, -0.25) is 10.1 Å². The monoisotopic (exact) mass is 343 g/mol. The lowest BCUT2D eigenvalue weighted by Gasteiger charge is -2.07. The smallest absolute Gasteiger partial charge is 0.321 e. The minimum atomic E-state index is -0.846. The molecule has 0 bridgehead atoms. The van der Waals surface area contributed by atoms with Crippen molar-refractivity contribution >= 4 is 40.9 Å². The summed E-state index contributed by atoms with van der Waals surface area (Å²) in [6.07, 6.45) is 0. The van der Waals surface area contributed by atoms with E-state index in [1.165, 1.54) is 11.8 Å². The number of hydrogen-bond acceptors (Lipinski definition) is 4. The third-order valence-electron chi connectivity index (χ3n) is 3.17. The Labute approximate surface area is 135 Å². The molecule has 3 rings (SSSR count). The van der Waals surface area contributed by atoms with Crippen LogP contribution in [0.15, 0.2) is 34.7 Å². The highest BCUT2D eigenvalue weighted by Crippen LogP contribution is 2.36. The van der Waals surface area contributed by atoms with Gasteiger partial charge in [-0.2, -0.15) is 0 Å². The molecule has 1 saturated heterocycles. The van der Waals surface area contributed by atoms with Crippen LogP contribution in [0.3, 0.4) is 0 Å². The number of benzene rings is 1. The van der Waals surface area contributed by atoms with Gasteiger partial charge in [0, 0.05) is 11.3 Å². The Bertz CT molecular complexity index is 689. The normalized spacial score (nSPS) is 21.6. The van der Waals surface area contributed by atoms with E-state index in [1.54, 1.807) is 12.1 Å². The van der Waals surface area contributed by atoms with Crippen molar-refractivity contribution in [2.75, 3.05) is 5.75 Å². The van der Waals surface area contributed by atoms with E-state index >= 15 is 0 Å². The summed E-state index contributed by atoms with van der Waals surface area (Å²) in [7, 11) is 0. The molecule has 2 unspecified atom stereocenters. The standard InChI is InChI=1S/C14H11Cl2NO3S/c15-8-2-1-7(5-9(8)16)11-3-4-12(20-11)13-17-10(6-21-13)14(18)19/h1-5,10,13,17H,6H2,(H,18,19). The van der Waals surface area contributed by atoms with Gasteiger partial charge < -0.3 is 9.52 Å². The Hall–Kier alpha value is -1.14. The molecule has 4 nitrogen and oxygen atoms in total. The van der Waals surface area contributed by atoms with E-state index in [-0.39, 0.29) is 5.37 Å². The number of furan rings is 1. The molecule has 0 amide bonds. The van der Waals surface area contributed by atoms with Crippen LogP contribution >= 0.6 is 35.0 Å². The van der Waals surface area contributed by atoms with Gasteiger partial charge in [-0.25, -0.2) is 0 Å². The van der Waals surface area contributed by atoms with Crippen LogP contribution in [0.4, 0.5) is 0 Å². The van der Waals surface area contributed by atoms with E-state index in [0.29, 0.717) is 27.3 Å². The third-order valence-corrected chi connectivity index (χ3v) is 5.14. The summed E-state index contributed by atoms with van der Waals surface area (Å²) in [6, 6.07) is 8.41. The first-order valence-corrected chi connectivity index (χ1v) is 8.00. The SMILES string of the molecule is O=C(O)C1CSC(c2ccc(-c3ccc(Cl)c(Cl)c3)o2)N1. The number of thioether (sulfide) groups is 1. The molecule has 1 fully saturated rings. The van der Waals surface area contributed by atoms with Crippen molar-refractivity contribution in [3.63, 3.8) is 0 Å². The minimum absolute atomic E-state index is 0.150. The predicted octanol–water partition coefficient (Wildman–Crippen LogP) is 4.04. The molecule has 7 heteroatoms. The van der Waals surface area contributed by atoms with Gasteiger partial charge in [0.05, 0.1) is 10.0 Å². The molecular weight excluding hydrogens is 333 g/mol. The molecule has 0 radical (unpaired) electrons. The molecule has 0 saturated carbocycles. The van der Waals surface area contributed by atoms with E-state index in [9.17, 15) is 4.79 Å². The van der Waals surface area contributed by atoms with Gasteiger partial charge in [-0.05, 0) is 30.3 Å². The summed E-state index contributed by atoms with van der Waals surface area (Å²) >= 11 is 13.4. The van der Waals surface area contributed by atoms with Crippen molar-refractivity contribution < 1.29 is 14.3 Å². The predicted molar refractivity (Wildman–Crippen MR) is 83.9 cm³/mol. The Balaban J connectivity index is 1.80. The Kier molecular flexibility index (Phi) is 4.17. The van der Waals surface area contributed by atoms with Gasteiger partial charge in [-0.1, -0.05) is 23.2 Å². The summed E-state index contributed by atoms with van der Waals surface area (Å²) in [5, 5.41) is 12.8. The van der Waals surface area contributed by atoms with Gasteiger partial charge in [0.15, 0.2) is 0 Å². The first kappa shape index (κ1) is 14.8. The molecule has 1 aromatic heterocycles. The highest BCUT2D eigenvalue weighted by atomic mass is 35.5. The second-order valence-electron chi connectivity index (χ2n) is 4.60. The fraction of sp³-hybridized carbons (Fsp3) is 0.214. The summed E-state index contributed by atoms with van der Waals surface area (Å²) < 4.78 is 5.80. The fourth-order valence-corrected chi connectivity index (χ4v) is 3.55. The zero-order valence-corrected chi connectivity index (χ0v) is 13.0. The van der Waals surface area contributed by atoms with E-state index in [2.05, 4.69) is 5.32 Å². The maximum atomic E-state index is 10.9. The van der Waals surface area contributed by atoms with Crippen molar-refractivity contribution in [2.24, 2.45) is 0 Å². The van der Waals surface area contributed by atoms with Crippen LogP contribution in [-0.2, 0) is 4.79 Å². The summed E-state index contributed by atoms with van der Waals surface area (Å²) in [5.74, 6) is 1.04. The summed E-state index contributed by atoms with van der Waals surface area (Å²) in [6.45, 7) is 0. The molecule has 0 aliphatic carbocycles. The average Bonchev–Trinajstić information content (AvgIpc) is 3.09. The molecular formula is C14H11Cl2NO3S. The fourth-order valence-electron chi connectivity index (χ4n) is 2.08. The molecule has 110 valence electrons. The molecule has 21 heavy (non-hydrogen) atoms. The lowest BCUT2D eigenvalue weighted by molar-refractivity contribution is -0.138. The topological polar surface area (TPSA) is 62.5 Å². The molecule has 2 heterocycles. The molecule has 2 N–H and O–H groups in total.